The Kier molecular flexibility index (Phi) is 32.7. The lowest BCUT2D eigenvalue weighted by Crippen LogP contribution is -2.34. The van der Waals surface area contributed by atoms with Gasteiger partial charge in [-0.1, -0.05) is 134 Å². The van der Waals surface area contributed by atoms with E-state index in [9.17, 15) is 23.8 Å². The van der Waals surface area contributed by atoms with Crippen molar-refractivity contribution in [3.05, 3.63) is 24.3 Å². The second-order valence-corrected chi connectivity index (χ2v) is 14.5. The van der Waals surface area contributed by atoms with E-state index >= 15 is 0 Å². The average Bonchev–Trinajstić information content (AvgIpc) is 3.09. The Morgan fingerprint density at radius 3 is 1.60 bits per heavy atom. The van der Waals surface area contributed by atoms with Crippen molar-refractivity contribution in [3.8, 4) is 0 Å². The highest BCUT2D eigenvalue weighted by Gasteiger charge is 2.28. The summed E-state index contributed by atoms with van der Waals surface area (Å²) in [7, 11) is -4.71. The second-order valence-electron chi connectivity index (χ2n) is 13.1. The summed E-state index contributed by atoms with van der Waals surface area (Å²) in [5.41, 5.74) is 5.31. The van der Waals surface area contributed by atoms with Gasteiger partial charge in [0.25, 0.3) is 0 Å². The van der Waals surface area contributed by atoms with Gasteiger partial charge < -0.3 is 25.2 Å². The van der Waals surface area contributed by atoms with Crippen LogP contribution < -0.4 is 5.73 Å². The van der Waals surface area contributed by atoms with Crippen LogP contribution in [-0.4, -0.2) is 59.9 Å². The van der Waals surface area contributed by atoms with Gasteiger partial charge in [-0.2, -0.15) is 0 Å². The van der Waals surface area contributed by atoms with Crippen LogP contribution in [0.4, 0.5) is 0 Å². The summed E-state index contributed by atoms with van der Waals surface area (Å²) in [6.45, 7) is 2.74. The molecule has 292 valence electrons. The first-order chi connectivity index (χ1) is 24.1. The van der Waals surface area contributed by atoms with Gasteiger partial charge in [-0.05, 0) is 44.9 Å². The number of nitrogens with two attached hydrogens (primary N) is 1. The van der Waals surface area contributed by atoms with Gasteiger partial charge in [0.15, 0.2) is 6.10 Å². The van der Waals surface area contributed by atoms with Crippen LogP contribution in [0.15, 0.2) is 24.3 Å². The zero-order valence-electron chi connectivity index (χ0n) is 31.2. The fourth-order valence-electron chi connectivity index (χ4n) is 5.09. The molecule has 0 rings (SSSR count). The van der Waals surface area contributed by atoms with Gasteiger partial charge in [0, 0.05) is 12.8 Å². The molecule has 0 amide bonds. The Morgan fingerprint density at radius 2 is 1.06 bits per heavy atom. The average molecular weight is 732 g/mol. The van der Waals surface area contributed by atoms with E-state index in [4.69, 9.17) is 24.8 Å². The summed E-state index contributed by atoms with van der Waals surface area (Å²) >= 11 is 0. The fourth-order valence-corrected chi connectivity index (χ4v) is 5.87. The first kappa shape index (κ1) is 48.0. The lowest BCUT2D eigenvalue weighted by atomic mass is 10.1. The number of hydrogen-bond acceptors (Lipinski definition) is 9. The molecular formula is C38H70NO10P. The molecule has 0 aliphatic rings. The third kappa shape index (κ3) is 33.1. The Balaban J connectivity index is 4.44. The third-order valence-corrected chi connectivity index (χ3v) is 9.15. The van der Waals surface area contributed by atoms with Crippen LogP contribution in [0.1, 0.15) is 168 Å². The Labute approximate surface area is 302 Å². The smallest absolute Gasteiger partial charge is 0.472 e. The normalized spacial score (nSPS) is 14.2. The number of phosphoric acid groups is 1. The van der Waals surface area contributed by atoms with Crippen molar-refractivity contribution in [1.82, 2.24) is 0 Å². The van der Waals surface area contributed by atoms with Crippen molar-refractivity contribution in [1.29, 1.82) is 0 Å². The number of allylic oxidation sites excluding steroid dienone is 4. The first-order valence-electron chi connectivity index (χ1n) is 19.4. The summed E-state index contributed by atoms with van der Waals surface area (Å²) in [6, 6.07) is -1.52. The molecule has 50 heavy (non-hydrogen) atoms. The maximum atomic E-state index is 12.5. The SMILES string of the molecule is CCCCC/C=C/C/C=C/CCCCCCCC(=O)OC[C@H](COP(=O)(O)OC[C@H](N)C(=O)O)OC(=O)CCCCCCCCCCCCC. The molecule has 0 fully saturated rings. The van der Waals surface area contributed by atoms with Gasteiger partial charge in [0.1, 0.15) is 12.6 Å². The van der Waals surface area contributed by atoms with Gasteiger partial charge in [-0.15, -0.1) is 0 Å². The first-order valence-corrected chi connectivity index (χ1v) is 20.9. The minimum atomic E-state index is -4.71. The number of carbonyl (C=O) groups excluding carboxylic acids is 2. The topological polar surface area (TPSA) is 172 Å². The summed E-state index contributed by atoms with van der Waals surface area (Å²) in [6.07, 6.45) is 32.5. The van der Waals surface area contributed by atoms with Gasteiger partial charge in [0.05, 0.1) is 13.2 Å². The largest absolute Gasteiger partial charge is 0.480 e. The van der Waals surface area contributed by atoms with Crippen molar-refractivity contribution in [2.75, 3.05) is 19.8 Å². The molecule has 0 aromatic carbocycles. The Hall–Kier alpha value is -2.04. The number of unbranched alkanes of at least 4 members (excludes halogenated alkanes) is 18. The zero-order valence-corrected chi connectivity index (χ0v) is 32.1. The number of esters is 2. The maximum Gasteiger partial charge on any atom is 0.472 e. The van der Waals surface area contributed by atoms with E-state index in [0.717, 1.165) is 64.2 Å². The number of aliphatic carboxylic acids is 1. The minimum Gasteiger partial charge on any atom is -0.480 e. The molecule has 1 unspecified atom stereocenters. The van der Waals surface area contributed by atoms with Crippen LogP contribution in [-0.2, 0) is 37.5 Å². The van der Waals surface area contributed by atoms with E-state index in [1.807, 2.05) is 0 Å². The van der Waals surface area contributed by atoms with Gasteiger partial charge in [-0.25, -0.2) is 4.57 Å². The van der Waals surface area contributed by atoms with Crippen LogP contribution in [0.5, 0.6) is 0 Å². The highest BCUT2D eigenvalue weighted by atomic mass is 31.2. The van der Waals surface area contributed by atoms with Crippen molar-refractivity contribution >= 4 is 25.7 Å². The Morgan fingerprint density at radius 1 is 0.620 bits per heavy atom. The molecule has 12 heteroatoms. The van der Waals surface area contributed by atoms with Crippen molar-refractivity contribution in [3.63, 3.8) is 0 Å². The maximum absolute atomic E-state index is 12.5. The number of carboxylic acids is 1. The van der Waals surface area contributed by atoms with E-state index in [1.165, 1.54) is 64.2 Å². The molecule has 0 aliphatic carbocycles. The molecule has 0 radical (unpaired) electrons. The molecule has 11 nitrogen and oxygen atoms in total. The lowest BCUT2D eigenvalue weighted by Gasteiger charge is -2.20. The number of ether oxygens (including phenoxy) is 2. The summed E-state index contributed by atoms with van der Waals surface area (Å²) in [5, 5.41) is 8.85. The van der Waals surface area contributed by atoms with E-state index < -0.39 is 51.1 Å². The molecule has 0 bridgehead atoms. The van der Waals surface area contributed by atoms with Gasteiger partial charge in [-0.3, -0.25) is 23.4 Å². The van der Waals surface area contributed by atoms with E-state index in [2.05, 4.69) is 42.7 Å². The number of carbonyl (C=O) groups is 3. The molecule has 0 saturated heterocycles. The molecule has 0 aromatic rings. The van der Waals surface area contributed by atoms with Crippen LogP contribution in [0.3, 0.4) is 0 Å². The molecular weight excluding hydrogens is 661 g/mol. The Bertz CT molecular complexity index is 958. The third-order valence-electron chi connectivity index (χ3n) is 8.20. The lowest BCUT2D eigenvalue weighted by molar-refractivity contribution is -0.161. The highest BCUT2D eigenvalue weighted by molar-refractivity contribution is 7.47. The van der Waals surface area contributed by atoms with Crippen LogP contribution >= 0.6 is 7.82 Å². The number of rotatable bonds is 36. The van der Waals surface area contributed by atoms with E-state index in [-0.39, 0.29) is 19.4 Å². The predicted molar refractivity (Wildman–Crippen MR) is 199 cm³/mol. The molecule has 0 saturated carbocycles. The molecule has 3 atom stereocenters. The number of hydrogen-bond donors (Lipinski definition) is 3. The molecule has 0 aliphatic heterocycles. The minimum absolute atomic E-state index is 0.161. The monoisotopic (exact) mass is 731 g/mol. The zero-order chi connectivity index (χ0) is 37.1. The van der Waals surface area contributed by atoms with Crippen molar-refractivity contribution in [2.45, 2.75) is 180 Å². The van der Waals surface area contributed by atoms with Gasteiger partial charge in [0.2, 0.25) is 0 Å². The van der Waals surface area contributed by atoms with Crippen molar-refractivity contribution in [2.24, 2.45) is 5.73 Å². The quantitative estimate of drug-likeness (QED) is 0.0242. The predicted octanol–water partition coefficient (Wildman–Crippen LogP) is 9.50. The number of phosphoric ester groups is 1. The summed E-state index contributed by atoms with van der Waals surface area (Å²) < 4.78 is 32.5. The molecule has 4 N–H and O–H groups in total. The summed E-state index contributed by atoms with van der Waals surface area (Å²) in [5.74, 6) is -2.39. The van der Waals surface area contributed by atoms with E-state index in [0.29, 0.717) is 12.8 Å². The standard InChI is InChI=1S/C38H70NO10P/c1-3-5-7-9-11-13-15-16-17-18-20-21-23-25-27-29-36(40)46-31-34(32-47-50(44,45)48-33-35(39)38(42)43)49-37(41)30-28-26-24-22-19-14-12-10-8-6-4-2/h11,13,16-17,34-35H,3-10,12,14-15,18-33,39H2,1-2H3,(H,42,43)(H,44,45)/b13-11+,17-16+/t34-,35+/m1/s1. The molecule has 0 heterocycles. The van der Waals surface area contributed by atoms with Gasteiger partial charge >= 0.3 is 25.7 Å². The molecule has 0 spiro atoms. The van der Waals surface area contributed by atoms with Crippen molar-refractivity contribution < 1.29 is 47.5 Å². The van der Waals surface area contributed by atoms with E-state index in [1.54, 1.807) is 0 Å². The van der Waals surface area contributed by atoms with Crippen LogP contribution in [0.25, 0.3) is 0 Å². The fraction of sp³-hybridized carbons (Fsp3) is 0.816. The molecule has 0 aromatic heterocycles. The van der Waals surface area contributed by atoms with Crippen LogP contribution in [0, 0.1) is 0 Å². The summed E-state index contributed by atoms with van der Waals surface area (Å²) in [4.78, 5) is 45.7. The second kappa shape index (κ2) is 34.1. The van der Waals surface area contributed by atoms with Crippen LogP contribution in [0.2, 0.25) is 0 Å². The highest BCUT2D eigenvalue weighted by Crippen LogP contribution is 2.43. The number of carboxylic acid groups (broad SMARTS) is 1.